The van der Waals surface area contributed by atoms with Crippen LogP contribution in [0.2, 0.25) is 0 Å². The first kappa shape index (κ1) is 32.4. The summed E-state index contributed by atoms with van der Waals surface area (Å²) in [5, 5.41) is 3.06. The number of rotatable bonds is 6. The van der Waals surface area contributed by atoms with Gasteiger partial charge in [-0.25, -0.2) is 29.3 Å². The van der Waals surface area contributed by atoms with E-state index in [2.05, 4.69) is 34.1 Å². The average molecular weight is 698 g/mol. The molecule has 0 N–H and O–H groups in total. The molecule has 4 heterocycles. The van der Waals surface area contributed by atoms with Crippen molar-refractivity contribution in [3.8, 4) is 57.8 Å². The van der Waals surface area contributed by atoms with E-state index in [0.717, 1.165) is 71.9 Å². The van der Waals surface area contributed by atoms with Crippen LogP contribution in [0, 0.1) is 25.1 Å². The van der Waals surface area contributed by atoms with Crippen molar-refractivity contribution in [1.29, 1.82) is 0 Å². The fourth-order valence-corrected chi connectivity index (χ4v) is 6.48. The van der Waals surface area contributed by atoms with Gasteiger partial charge in [-0.15, -0.1) is 6.42 Å². The molecule has 0 aliphatic rings. The molecular formula is C46H28FN7. The number of aromatic nitrogens is 6. The Kier molecular flexibility index (Phi) is 8.14. The van der Waals surface area contributed by atoms with Crippen LogP contribution in [0.1, 0.15) is 11.1 Å². The number of benzene rings is 5. The van der Waals surface area contributed by atoms with Gasteiger partial charge >= 0.3 is 0 Å². The molecule has 7 nitrogen and oxygen atoms in total. The van der Waals surface area contributed by atoms with E-state index in [-0.39, 0.29) is 5.82 Å². The first-order valence-corrected chi connectivity index (χ1v) is 17.3. The number of pyridine rings is 3. The predicted octanol–water partition coefficient (Wildman–Crippen LogP) is 10.4. The molecule has 8 heteroatoms. The Hall–Kier alpha value is -7.50. The molecule has 0 amide bonds. The molecule has 54 heavy (non-hydrogen) atoms. The summed E-state index contributed by atoms with van der Waals surface area (Å²) in [6, 6.07) is 41.8. The summed E-state index contributed by atoms with van der Waals surface area (Å²) in [5.41, 5.74) is 9.46. The molecule has 9 rings (SSSR count). The van der Waals surface area contributed by atoms with Gasteiger partial charge in [0.1, 0.15) is 11.5 Å². The Bertz CT molecular complexity index is 2950. The van der Waals surface area contributed by atoms with Gasteiger partial charge in [0.15, 0.2) is 17.5 Å². The molecule has 0 aliphatic carbocycles. The zero-order chi connectivity index (χ0) is 36.6. The molecule has 4 aromatic heterocycles. The SMILES string of the molecule is C#CC(=Nc1c(C)ccc2cccnc12)c1ccc(-c2nc(-c3ccc(F)cc3)nc(-c3ccc(-c4ccc5ccc6cccnc6c5n4)cc3)n2)cc1. The van der Waals surface area contributed by atoms with Crippen molar-refractivity contribution in [2.24, 2.45) is 4.99 Å². The van der Waals surface area contributed by atoms with Crippen LogP contribution in [0.15, 0.2) is 151 Å². The van der Waals surface area contributed by atoms with Crippen LogP contribution in [0.4, 0.5) is 10.1 Å². The highest BCUT2D eigenvalue weighted by molar-refractivity contribution is 6.15. The van der Waals surface area contributed by atoms with Gasteiger partial charge in [-0.2, -0.15) is 0 Å². The van der Waals surface area contributed by atoms with E-state index in [9.17, 15) is 4.39 Å². The number of aryl methyl sites for hydroxylation is 1. The van der Waals surface area contributed by atoms with Crippen molar-refractivity contribution in [2.45, 2.75) is 6.92 Å². The Morgan fingerprint density at radius 2 is 1.04 bits per heavy atom. The van der Waals surface area contributed by atoms with Crippen LogP contribution in [-0.4, -0.2) is 35.6 Å². The summed E-state index contributed by atoms with van der Waals surface area (Å²) in [5.74, 6) is 3.77. The molecule has 0 fully saturated rings. The van der Waals surface area contributed by atoms with E-state index in [1.165, 1.54) is 12.1 Å². The minimum atomic E-state index is -0.342. The Morgan fingerprint density at radius 1 is 0.537 bits per heavy atom. The molecule has 0 radical (unpaired) electrons. The number of aliphatic imine (C=N–C) groups is 1. The lowest BCUT2D eigenvalue weighted by Crippen LogP contribution is -2.01. The van der Waals surface area contributed by atoms with E-state index < -0.39 is 0 Å². The number of nitrogens with zero attached hydrogens (tertiary/aromatic N) is 7. The smallest absolute Gasteiger partial charge is 0.164 e. The normalized spacial score (nSPS) is 11.6. The number of halogens is 1. The van der Waals surface area contributed by atoms with Gasteiger partial charge in [0.05, 0.1) is 27.9 Å². The van der Waals surface area contributed by atoms with Crippen LogP contribution in [0.25, 0.3) is 78.1 Å². The minimum absolute atomic E-state index is 0.342. The number of hydrogen-bond acceptors (Lipinski definition) is 7. The van der Waals surface area contributed by atoms with Crippen molar-refractivity contribution in [3.63, 3.8) is 0 Å². The number of hydrogen-bond donors (Lipinski definition) is 0. The fraction of sp³-hybridized carbons (Fsp3) is 0.0217. The molecular weight excluding hydrogens is 670 g/mol. The quantitative estimate of drug-likeness (QED) is 0.0976. The van der Waals surface area contributed by atoms with Gasteiger partial charge in [0.25, 0.3) is 0 Å². The largest absolute Gasteiger partial charge is 0.254 e. The summed E-state index contributed by atoms with van der Waals surface area (Å²) in [4.78, 5) is 33.6. The summed E-state index contributed by atoms with van der Waals surface area (Å²) in [6.45, 7) is 1.99. The van der Waals surface area contributed by atoms with E-state index in [4.69, 9.17) is 31.4 Å². The van der Waals surface area contributed by atoms with Crippen molar-refractivity contribution < 1.29 is 4.39 Å². The van der Waals surface area contributed by atoms with E-state index >= 15 is 0 Å². The topological polar surface area (TPSA) is 89.7 Å². The minimum Gasteiger partial charge on any atom is -0.254 e. The number of terminal acetylenes is 1. The third-order valence-electron chi connectivity index (χ3n) is 9.34. The second-order valence-electron chi connectivity index (χ2n) is 12.8. The Morgan fingerprint density at radius 3 is 1.67 bits per heavy atom. The molecule has 0 aliphatic heterocycles. The van der Waals surface area contributed by atoms with Gasteiger partial charge in [-0.05, 0) is 60.9 Å². The maximum atomic E-state index is 13.9. The lowest BCUT2D eigenvalue weighted by Gasteiger charge is -2.10. The highest BCUT2D eigenvalue weighted by Crippen LogP contribution is 2.31. The van der Waals surface area contributed by atoms with Gasteiger partial charge in [-0.3, -0.25) is 9.97 Å². The zero-order valence-electron chi connectivity index (χ0n) is 28.9. The van der Waals surface area contributed by atoms with Crippen LogP contribution in [0.5, 0.6) is 0 Å². The summed E-state index contributed by atoms with van der Waals surface area (Å²) >= 11 is 0. The van der Waals surface area contributed by atoms with Crippen molar-refractivity contribution in [2.75, 3.05) is 0 Å². The van der Waals surface area contributed by atoms with E-state index in [0.29, 0.717) is 28.7 Å². The number of fused-ring (bicyclic) bond motifs is 4. The maximum Gasteiger partial charge on any atom is 0.164 e. The zero-order valence-corrected chi connectivity index (χ0v) is 28.9. The molecule has 5 aromatic carbocycles. The molecule has 0 bridgehead atoms. The molecule has 254 valence electrons. The second-order valence-corrected chi connectivity index (χ2v) is 12.8. The van der Waals surface area contributed by atoms with E-state index in [1.807, 2.05) is 97.9 Å². The van der Waals surface area contributed by atoms with Crippen molar-refractivity contribution in [1.82, 2.24) is 29.9 Å². The fourth-order valence-electron chi connectivity index (χ4n) is 6.48. The molecule has 0 unspecified atom stereocenters. The standard InChI is InChI=1S/C46H28FN7/c1-3-38(50-40-28(2)8-9-31-6-4-26-48-41(31)40)29-10-16-34(17-11-29)44-52-45(54-46(53-44)36-20-23-37(47)24-21-36)35-18-12-30(13-19-35)39-25-22-33-15-14-32-7-5-27-49-42(32)43(33)51-39/h1,4-27H,2H3. The molecule has 0 saturated carbocycles. The molecule has 0 saturated heterocycles. The lowest BCUT2D eigenvalue weighted by atomic mass is 10.0. The molecule has 0 spiro atoms. The summed E-state index contributed by atoms with van der Waals surface area (Å²) < 4.78 is 13.9. The summed E-state index contributed by atoms with van der Waals surface area (Å²) in [6.07, 6.45) is 9.55. The Labute approximate surface area is 310 Å². The van der Waals surface area contributed by atoms with Crippen LogP contribution in [-0.2, 0) is 0 Å². The average Bonchev–Trinajstić information content (AvgIpc) is 3.23. The first-order valence-electron chi connectivity index (χ1n) is 17.3. The third-order valence-corrected chi connectivity index (χ3v) is 9.34. The van der Waals surface area contributed by atoms with Gasteiger partial charge in [0, 0.05) is 56.4 Å². The van der Waals surface area contributed by atoms with Crippen molar-refractivity contribution in [3.05, 3.63) is 163 Å². The first-order chi connectivity index (χ1) is 26.5. The molecule has 0 atom stereocenters. The summed E-state index contributed by atoms with van der Waals surface area (Å²) in [7, 11) is 0. The predicted molar refractivity (Wildman–Crippen MR) is 214 cm³/mol. The second kappa shape index (κ2) is 13.6. The van der Waals surface area contributed by atoms with Crippen molar-refractivity contribution >= 4 is 44.1 Å². The van der Waals surface area contributed by atoms with Gasteiger partial charge in [-0.1, -0.05) is 91.0 Å². The highest BCUT2D eigenvalue weighted by atomic mass is 19.1. The van der Waals surface area contributed by atoms with E-state index in [1.54, 1.807) is 24.5 Å². The lowest BCUT2D eigenvalue weighted by molar-refractivity contribution is 0.628. The third kappa shape index (κ3) is 6.10. The van der Waals surface area contributed by atoms with Gasteiger partial charge in [0.2, 0.25) is 0 Å². The highest BCUT2D eigenvalue weighted by Gasteiger charge is 2.15. The molecule has 9 aromatic rings. The Balaban J connectivity index is 1.08. The monoisotopic (exact) mass is 697 g/mol. The van der Waals surface area contributed by atoms with Crippen LogP contribution >= 0.6 is 0 Å². The van der Waals surface area contributed by atoms with Crippen LogP contribution < -0.4 is 0 Å². The van der Waals surface area contributed by atoms with Gasteiger partial charge < -0.3 is 0 Å². The van der Waals surface area contributed by atoms with Crippen LogP contribution in [0.3, 0.4) is 0 Å². The maximum absolute atomic E-state index is 13.9.